The van der Waals surface area contributed by atoms with E-state index in [-0.39, 0.29) is 6.54 Å². The summed E-state index contributed by atoms with van der Waals surface area (Å²) in [5, 5.41) is 0. The molecule has 1 saturated heterocycles. The monoisotopic (exact) mass is 279 g/mol. The Morgan fingerprint density at radius 3 is 2.58 bits per heavy atom. The van der Waals surface area contributed by atoms with Gasteiger partial charge in [0, 0.05) is 25.8 Å². The molecule has 19 heavy (non-hydrogen) atoms. The molecular formula is C10H16F3N5O. The zero-order chi connectivity index (χ0) is 14.1. The number of morpholine rings is 1. The average molecular weight is 279 g/mol. The van der Waals surface area contributed by atoms with Gasteiger partial charge in [-0.2, -0.15) is 13.2 Å². The van der Waals surface area contributed by atoms with Gasteiger partial charge in [-0.05, 0) is 0 Å². The molecule has 0 aromatic heterocycles. The molecule has 4 N–H and O–H groups in total. The Morgan fingerprint density at radius 1 is 1.42 bits per heavy atom. The molecule has 2 heterocycles. The van der Waals surface area contributed by atoms with Crippen LogP contribution in [0.3, 0.4) is 0 Å². The van der Waals surface area contributed by atoms with E-state index in [9.17, 15) is 13.2 Å². The molecule has 0 radical (unpaired) electrons. The highest BCUT2D eigenvalue weighted by molar-refractivity contribution is 6.03. The maximum Gasteiger partial charge on any atom is 0.407 e. The average Bonchev–Trinajstić information content (AvgIpc) is 2.33. The summed E-state index contributed by atoms with van der Waals surface area (Å²) in [6.07, 6.45) is -4.84. The minimum atomic E-state index is -4.57. The van der Waals surface area contributed by atoms with Crippen LogP contribution in [0.1, 0.15) is 0 Å². The summed E-state index contributed by atoms with van der Waals surface area (Å²) in [4.78, 5) is 8.78. The number of hydrogen-bond acceptors (Lipinski definition) is 6. The number of nitrogens with zero attached hydrogens (tertiary/aromatic N) is 3. The molecule has 0 aliphatic carbocycles. The predicted molar refractivity (Wildman–Crippen MR) is 63.8 cm³/mol. The Hall–Kier alpha value is -1.19. The second-order valence-electron chi connectivity index (χ2n) is 4.56. The molecule has 0 amide bonds. The first-order valence-corrected chi connectivity index (χ1v) is 5.86. The molecule has 2 aliphatic heterocycles. The summed E-state index contributed by atoms with van der Waals surface area (Å²) in [6, 6.07) is 0. The fourth-order valence-electron chi connectivity index (χ4n) is 2.10. The van der Waals surface area contributed by atoms with Gasteiger partial charge in [0.05, 0.1) is 13.2 Å². The fraction of sp³-hybridized carbons (Fsp3) is 0.800. The van der Waals surface area contributed by atoms with Crippen molar-refractivity contribution in [3.05, 3.63) is 0 Å². The SMILES string of the molecule is NC1=NC(N)N=CC1(CN1CCOCC1)C(F)(F)F. The van der Waals surface area contributed by atoms with Gasteiger partial charge in [0.1, 0.15) is 5.84 Å². The Labute approximate surface area is 108 Å². The second-order valence-corrected chi connectivity index (χ2v) is 4.56. The molecule has 0 saturated carbocycles. The zero-order valence-corrected chi connectivity index (χ0v) is 10.2. The predicted octanol–water partition coefficient (Wildman–Crippen LogP) is -0.449. The van der Waals surface area contributed by atoms with Gasteiger partial charge in [0.2, 0.25) is 0 Å². The molecule has 0 aromatic rings. The molecule has 2 aliphatic rings. The second kappa shape index (κ2) is 5.06. The van der Waals surface area contributed by atoms with Crippen LogP contribution in [0.15, 0.2) is 9.98 Å². The summed E-state index contributed by atoms with van der Waals surface area (Å²) < 4.78 is 45.2. The van der Waals surface area contributed by atoms with E-state index in [2.05, 4.69) is 9.98 Å². The fourth-order valence-corrected chi connectivity index (χ4v) is 2.10. The van der Waals surface area contributed by atoms with Gasteiger partial charge in [-0.3, -0.25) is 15.6 Å². The lowest BCUT2D eigenvalue weighted by Crippen LogP contribution is -2.59. The van der Waals surface area contributed by atoms with Gasteiger partial charge in [-0.1, -0.05) is 0 Å². The van der Waals surface area contributed by atoms with E-state index in [4.69, 9.17) is 16.2 Å². The Balaban J connectivity index is 2.26. The van der Waals surface area contributed by atoms with Crippen LogP contribution in [0.4, 0.5) is 13.2 Å². The normalized spacial score (nSPS) is 33.3. The summed E-state index contributed by atoms with van der Waals surface area (Å²) >= 11 is 0. The molecule has 2 rings (SSSR count). The van der Waals surface area contributed by atoms with Crippen LogP contribution >= 0.6 is 0 Å². The van der Waals surface area contributed by atoms with Crippen LogP contribution in [0.25, 0.3) is 0 Å². The van der Waals surface area contributed by atoms with Crippen molar-refractivity contribution in [3.63, 3.8) is 0 Å². The van der Waals surface area contributed by atoms with Gasteiger partial charge >= 0.3 is 6.18 Å². The molecule has 0 aromatic carbocycles. The van der Waals surface area contributed by atoms with Crippen molar-refractivity contribution >= 4 is 12.1 Å². The quantitative estimate of drug-likeness (QED) is 0.716. The maximum absolute atomic E-state index is 13.4. The first-order valence-electron chi connectivity index (χ1n) is 5.86. The van der Waals surface area contributed by atoms with E-state index in [1.807, 2.05) is 0 Å². The van der Waals surface area contributed by atoms with E-state index in [1.54, 1.807) is 4.90 Å². The van der Waals surface area contributed by atoms with E-state index >= 15 is 0 Å². The maximum atomic E-state index is 13.4. The minimum Gasteiger partial charge on any atom is -0.386 e. The van der Waals surface area contributed by atoms with Gasteiger partial charge in [-0.15, -0.1) is 0 Å². The van der Waals surface area contributed by atoms with E-state index < -0.39 is 23.7 Å². The number of nitrogens with two attached hydrogens (primary N) is 2. The lowest BCUT2D eigenvalue weighted by atomic mass is 9.85. The first kappa shape index (κ1) is 14.2. The Bertz CT molecular complexity index is 391. The summed E-state index contributed by atoms with van der Waals surface area (Å²) in [6.45, 7) is 1.34. The number of amidine groups is 1. The highest BCUT2D eigenvalue weighted by Crippen LogP contribution is 2.39. The van der Waals surface area contributed by atoms with Crippen molar-refractivity contribution in [2.24, 2.45) is 26.9 Å². The summed E-state index contributed by atoms with van der Waals surface area (Å²) in [5.41, 5.74) is 8.50. The zero-order valence-electron chi connectivity index (χ0n) is 10.2. The van der Waals surface area contributed by atoms with Crippen molar-refractivity contribution in [2.75, 3.05) is 32.8 Å². The van der Waals surface area contributed by atoms with Crippen molar-refractivity contribution in [1.82, 2.24) is 4.90 Å². The topological polar surface area (TPSA) is 89.2 Å². The van der Waals surface area contributed by atoms with Crippen LogP contribution in [-0.4, -0.2) is 62.3 Å². The summed E-state index contributed by atoms with van der Waals surface area (Å²) in [7, 11) is 0. The number of alkyl halides is 3. The molecular weight excluding hydrogens is 263 g/mol. The Morgan fingerprint density at radius 2 is 2.05 bits per heavy atom. The molecule has 0 spiro atoms. The van der Waals surface area contributed by atoms with Crippen LogP contribution in [0.2, 0.25) is 0 Å². The van der Waals surface area contributed by atoms with E-state index in [0.29, 0.717) is 26.3 Å². The molecule has 1 fully saturated rings. The molecule has 0 bridgehead atoms. The van der Waals surface area contributed by atoms with Gasteiger partial charge in [0.25, 0.3) is 0 Å². The van der Waals surface area contributed by atoms with Gasteiger partial charge in [0.15, 0.2) is 11.7 Å². The molecule has 2 unspecified atom stereocenters. The van der Waals surface area contributed by atoms with Crippen molar-refractivity contribution < 1.29 is 17.9 Å². The van der Waals surface area contributed by atoms with Gasteiger partial charge in [-0.25, -0.2) is 4.99 Å². The van der Waals surface area contributed by atoms with Crippen LogP contribution in [0, 0.1) is 5.41 Å². The highest BCUT2D eigenvalue weighted by Gasteiger charge is 2.58. The highest BCUT2D eigenvalue weighted by atomic mass is 19.4. The molecule has 9 heteroatoms. The standard InChI is InChI=1S/C10H16F3N5O/c11-10(12,13)9(5-16-8(15)17-7(9)14)6-18-1-3-19-4-2-18/h5,8H,1-4,6,15H2,(H2,14,17). The lowest BCUT2D eigenvalue weighted by molar-refractivity contribution is -0.181. The number of rotatable bonds is 2. The van der Waals surface area contributed by atoms with Crippen LogP contribution < -0.4 is 11.5 Å². The number of hydrogen-bond donors (Lipinski definition) is 2. The first-order chi connectivity index (χ1) is 8.85. The van der Waals surface area contributed by atoms with Crippen molar-refractivity contribution in [1.29, 1.82) is 0 Å². The smallest absolute Gasteiger partial charge is 0.386 e. The minimum absolute atomic E-state index is 0.314. The molecule has 6 nitrogen and oxygen atoms in total. The van der Waals surface area contributed by atoms with E-state index in [1.165, 1.54) is 0 Å². The third kappa shape index (κ3) is 2.72. The van der Waals surface area contributed by atoms with Gasteiger partial charge < -0.3 is 10.5 Å². The largest absolute Gasteiger partial charge is 0.407 e. The Kier molecular flexibility index (Phi) is 3.79. The van der Waals surface area contributed by atoms with Crippen molar-refractivity contribution in [2.45, 2.75) is 12.5 Å². The number of aliphatic imine (C=N–C) groups is 2. The van der Waals surface area contributed by atoms with Crippen molar-refractivity contribution in [3.8, 4) is 0 Å². The third-order valence-electron chi connectivity index (χ3n) is 3.26. The van der Waals surface area contributed by atoms with E-state index in [0.717, 1.165) is 6.21 Å². The molecule has 108 valence electrons. The summed E-state index contributed by atoms with van der Waals surface area (Å²) in [5.74, 6) is -0.533. The lowest BCUT2D eigenvalue weighted by Gasteiger charge is -2.39. The number of ether oxygens (including phenoxy) is 1. The van der Waals surface area contributed by atoms with Crippen LogP contribution in [-0.2, 0) is 4.74 Å². The van der Waals surface area contributed by atoms with Crippen LogP contribution in [0.5, 0.6) is 0 Å². The number of halogens is 3. The third-order valence-corrected chi connectivity index (χ3v) is 3.26. The molecule has 2 atom stereocenters.